The second-order valence-corrected chi connectivity index (χ2v) is 9.71. The molecule has 0 fully saturated rings. The molecule has 1 aliphatic heterocycles. The molecule has 168 valence electrons. The van der Waals surface area contributed by atoms with Gasteiger partial charge in [0.05, 0.1) is 12.5 Å². The van der Waals surface area contributed by atoms with Crippen molar-refractivity contribution in [3.63, 3.8) is 0 Å². The quantitative estimate of drug-likeness (QED) is 0.345. The minimum absolute atomic E-state index is 0.509. The van der Waals surface area contributed by atoms with Crippen LogP contribution in [0.25, 0.3) is 11.3 Å². The van der Waals surface area contributed by atoms with E-state index >= 15 is 0 Å². The minimum atomic E-state index is 0.509. The molecule has 0 unspecified atom stereocenters. The normalized spacial score (nSPS) is 16.0. The van der Waals surface area contributed by atoms with Crippen molar-refractivity contribution in [2.24, 2.45) is 0 Å². The van der Waals surface area contributed by atoms with Crippen LogP contribution in [0.15, 0.2) is 117 Å². The third-order valence-corrected chi connectivity index (χ3v) is 6.51. The zero-order valence-electron chi connectivity index (χ0n) is 18.7. The monoisotopic (exact) mass is 573 g/mol. The molecule has 2 aromatic rings. The summed E-state index contributed by atoms with van der Waals surface area (Å²) >= 11 is 7.02. The van der Waals surface area contributed by atoms with Crippen LogP contribution in [0.1, 0.15) is 17.5 Å². The topological polar surface area (TPSA) is 36.0 Å². The Hall–Kier alpha value is -3.20. The Bertz CT molecular complexity index is 1310. The zero-order valence-corrected chi connectivity index (χ0v) is 21.9. The second-order valence-electron chi connectivity index (χ2n) is 7.88. The first-order chi connectivity index (χ1) is 16.5. The van der Waals surface area contributed by atoms with Crippen molar-refractivity contribution in [1.29, 1.82) is 5.26 Å². The van der Waals surface area contributed by atoms with Gasteiger partial charge in [0, 0.05) is 26.7 Å². The first-order valence-corrected chi connectivity index (χ1v) is 12.5. The minimum Gasteiger partial charge on any atom is -0.457 e. The summed E-state index contributed by atoms with van der Waals surface area (Å²) in [7, 11) is 2.00. The fourth-order valence-corrected chi connectivity index (χ4v) is 4.06. The number of ether oxygens (including phenoxy) is 1. The van der Waals surface area contributed by atoms with Gasteiger partial charge >= 0.3 is 0 Å². The molecule has 0 atom stereocenters. The van der Waals surface area contributed by atoms with Gasteiger partial charge in [-0.1, -0.05) is 62.2 Å². The third kappa shape index (κ3) is 6.22. The highest BCUT2D eigenvalue weighted by atomic mass is 79.9. The van der Waals surface area contributed by atoms with Crippen molar-refractivity contribution in [2.45, 2.75) is 6.42 Å². The molecule has 4 rings (SSSR count). The number of allylic oxidation sites excluding steroid dienone is 10. The van der Waals surface area contributed by atoms with E-state index in [9.17, 15) is 0 Å². The lowest BCUT2D eigenvalue weighted by atomic mass is 10.0. The van der Waals surface area contributed by atoms with Gasteiger partial charge in [0.1, 0.15) is 18.6 Å². The van der Waals surface area contributed by atoms with Gasteiger partial charge in [-0.3, -0.25) is 0 Å². The number of hydrogen-bond acceptors (Lipinski definition) is 2. The van der Waals surface area contributed by atoms with E-state index in [1.165, 1.54) is 0 Å². The molecule has 5 heteroatoms. The maximum atomic E-state index is 8.79. The van der Waals surface area contributed by atoms with E-state index in [1.54, 1.807) is 0 Å². The van der Waals surface area contributed by atoms with E-state index in [-0.39, 0.29) is 0 Å². The first kappa shape index (κ1) is 23.9. The molecule has 1 aliphatic carbocycles. The number of rotatable bonds is 5. The standard InChI is InChI=1S/C29H23Br2N2O/c1-33(18-2-17-32)27-14-3-21(4-15-27)5-16-28-19-24(22-6-10-25(30)11-7-22)20-29(34-28)23-8-12-26(31)13-9-23/h3-16,19-20H,2,18H2,1H3/q+1/b21-5?,28-16+,33-27?. The molecule has 1 heterocycles. The molecule has 0 bridgehead atoms. The molecule has 0 saturated heterocycles. The summed E-state index contributed by atoms with van der Waals surface area (Å²) < 4.78 is 10.4. The molecule has 0 N–H and O–H groups in total. The van der Waals surface area contributed by atoms with Crippen molar-refractivity contribution in [3.05, 3.63) is 129 Å². The van der Waals surface area contributed by atoms with Crippen LogP contribution in [0.2, 0.25) is 0 Å². The van der Waals surface area contributed by atoms with Crippen LogP contribution in [0.5, 0.6) is 0 Å². The number of hydrogen-bond donors (Lipinski definition) is 0. The molecule has 0 aromatic heterocycles. The van der Waals surface area contributed by atoms with Crippen LogP contribution in [0.3, 0.4) is 0 Å². The number of nitriles is 1. The van der Waals surface area contributed by atoms with Crippen molar-refractivity contribution < 1.29 is 9.31 Å². The Labute approximate surface area is 217 Å². The Morgan fingerprint density at radius 3 is 2.09 bits per heavy atom. The molecule has 3 nitrogen and oxygen atoms in total. The maximum Gasteiger partial charge on any atom is 0.199 e. The second kappa shape index (κ2) is 11.3. The van der Waals surface area contributed by atoms with E-state index in [4.69, 9.17) is 10.00 Å². The van der Waals surface area contributed by atoms with E-state index < -0.39 is 0 Å². The van der Waals surface area contributed by atoms with Gasteiger partial charge in [-0.05, 0) is 71.4 Å². The SMILES string of the molecule is C[N+](CCC#N)=C1C=CC(=C/C=C2\C=C(c3ccc(Br)cc3)C=C(c3ccc(Br)cc3)O2)C=C1. The van der Waals surface area contributed by atoms with Gasteiger partial charge in [-0.2, -0.15) is 5.26 Å². The van der Waals surface area contributed by atoms with Crippen molar-refractivity contribution in [2.75, 3.05) is 13.6 Å². The van der Waals surface area contributed by atoms with E-state index in [2.05, 4.69) is 97.2 Å². The van der Waals surface area contributed by atoms with Gasteiger partial charge in [-0.25, -0.2) is 4.58 Å². The molecule has 0 saturated carbocycles. The lowest BCUT2D eigenvalue weighted by Crippen LogP contribution is -2.16. The molecule has 34 heavy (non-hydrogen) atoms. The van der Waals surface area contributed by atoms with Crippen LogP contribution < -0.4 is 0 Å². The van der Waals surface area contributed by atoms with Crippen molar-refractivity contribution in [1.82, 2.24) is 0 Å². The predicted octanol–water partition coefficient (Wildman–Crippen LogP) is 7.60. The van der Waals surface area contributed by atoms with Crippen LogP contribution >= 0.6 is 31.9 Å². The lowest BCUT2D eigenvalue weighted by molar-refractivity contribution is -0.494. The zero-order chi connectivity index (χ0) is 23.9. The highest BCUT2D eigenvalue weighted by Gasteiger charge is 2.14. The lowest BCUT2D eigenvalue weighted by Gasteiger charge is -2.18. The van der Waals surface area contributed by atoms with E-state index in [0.717, 1.165) is 48.4 Å². The summed E-state index contributed by atoms with van der Waals surface area (Å²) in [5.74, 6) is 1.58. The summed E-state index contributed by atoms with van der Waals surface area (Å²) in [6, 6.07) is 18.6. The van der Waals surface area contributed by atoms with Crippen LogP contribution in [0, 0.1) is 11.3 Å². The van der Waals surface area contributed by atoms with Crippen molar-refractivity contribution in [3.8, 4) is 6.07 Å². The van der Waals surface area contributed by atoms with Crippen molar-refractivity contribution >= 4 is 48.9 Å². The van der Waals surface area contributed by atoms with Gasteiger partial charge in [-0.15, -0.1) is 0 Å². The van der Waals surface area contributed by atoms with Gasteiger partial charge in [0.15, 0.2) is 12.3 Å². The Morgan fingerprint density at radius 1 is 0.853 bits per heavy atom. The summed E-state index contributed by atoms with van der Waals surface area (Å²) in [6.45, 7) is 0.715. The average molecular weight is 575 g/mol. The Balaban J connectivity index is 1.62. The average Bonchev–Trinajstić information content (AvgIpc) is 2.87. The molecule has 0 radical (unpaired) electrons. The Kier molecular flexibility index (Phi) is 7.95. The van der Waals surface area contributed by atoms with Gasteiger partial charge in [0.2, 0.25) is 0 Å². The molecule has 0 spiro atoms. The summed E-state index contributed by atoms with van der Waals surface area (Å²) in [6.07, 6.45) is 17.0. The summed E-state index contributed by atoms with van der Waals surface area (Å²) in [4.78, 5) is 0. The Morgan fingerprint density at radius 2 is 1.47 bits per heavy atom. The number of halogens is 2. The maximum absolute atomic E-state index is 8.79. The van der Waals surface area contributed by atoms with Crippen LogP contribution in [-0.4, -0.2) is 23.9 Å². The molecule has 2 aromatic carbocycles. The summed E-state index contributed by atoms with van der Waals surface area (Å²) in [5, 5.41) is 8.79. The van der Waals surface area contributed by atoms with Gasteiger partial charge in [0.25, 0.3) is 0 Å². The fraction of sp³-hybridized carbons (Fsp3) is 0.103. The highest BCUT2D eigenvalue weighted by Crippen LogP contribution is 2.32. The third-order valence-electron chi connectivity index (χ3n) is 5.45. The number of benzene rings is 2. The largest absolute Gasteiger partial charge is 0.457 e. The highest BCUT2D eigenvalue weighted by molar-refractivity contribution is 9.10. The van der Waals surface area contributed by atoms with Crippen LogP contribution in [0.4, 0.5) is 0 Å². The predicted molar refractivity (Wildman–Crippen MR) is 146 cm³/mol. The van der Waals surface area contributed by atoms with E-state index in [1.807, 2.05) is 49.5 Å². The van der Waals surface area contributed by atoms with Gasteiger partial charge < -0.3 is 4.74 Å². The summed E-state index contributed by atoms with van der Waals surface area (Å²) in [5.41, 5.74) is 5.39. The van der Waals surface area contributed by atoms with E-state index in [0.29, 0.717) is 13.0 Å². The smallest absolute Gasteiger partial charge is 0.199 e. The molecule has 2 aliphatic rings. The number of nitrogens with zero attached hydrogens (tertiary/aromatic N) is 2. The fourth-order valence-electron chi connectivity index (χ4n) is 3.53. The molecular formula is C29H23Br2N2O+. The first-order valence-electron chi connectivity index (χ1n) is 10.9. The van der Waals surface area contributed by atoms with Crippen LogP contribution in [-0.2, 0) is 4.74 Å². The molecule has 0 amide bonds. The molecular weight excluding hydrogens is 552 g/mol.